The molecule has 1 aromatic heterocycles. The Hall–Kier alpha value is -2.54. The van der Waals surface area contributed by atoms with Gasteiger partial charge >= 0.3 is 0 Å². The van der Waals surface area contributed by atoms with Crippen molar-refractivity contribution in [2.75, 3.05) is 6.26 Å². The van der Waals surface area contributed by atoms with Crippen molar-refractivity contribution in [3.05, 3.63) is 53.4 Å². The van der Waals surface area contributed by atoms with Crippen LogP contribution in [0.2, 0.25) is 0 Å². The molecule has 6 nitrogen and oxygen atoms in total. The quantitative estimate of drug-likeness (QED) is 0.495. The molecular formula is C17H20N4O2S. The molecular weight excluding hydrogens is 324 g/mol. The Balaban J connectivity index is 1.80. The molecule has 0 unspecified atom stereocenters. The average molecular weight is 344 g/mol. The van der Waals surface area contributed by atoms with Gasteiger partial charge in [0, 0.05) is 16.7 Å². The van der Waals surface area contributed by atoms with E-state index in [1.54, 1.807) is 22.5 Å². The molecule has 0 aliphatic carbocycles. The molecule has 7 heteroatoms. The minimum Gasteiger partial charge on any atom is -0.271 e. The van der Waals surface area contributed by atoms with Crippen molar-refractivity contribution >= 4 is 29.7 Å². The molecule has 126 valence electrons. The predicted molar refractivity (Wildman–Crippen MR) is 95.2 cm³/mol. The van der Waals surface area contributed by atoms with Gasteiger partial charge in [-0.05, 0) is 49.9 Å². The van der Waals surface area contributed by atoms with Crippen LogP contribution in [0.3, 0.4) is 0 Å². The Morgan fingerprint density at radius 2 is 1.92 bits per heavy atom. The number of nitrogens with one attached hydrogen (secondary N) is 2. The fourth-order valence-electron chi connectivity index (χ4n) is 2.07. The summed E-state index contributed by atoms with van der Waals surface area (Å²) in [6.07, 6.45) is 5.07. The first-order valence-electron chi connectivity index (χ1n) is 7.40. The first kappa shape index (κ1) is 17.8. The maximum atomic E-state index is 11.8. The smallest absolute Gasteiger partial charge is 0.262 e. The van der Waals surface area contributed by atoms with Gasteiger partial charge < -0.3 is 0 Å². The van der Waals surface area contributed by atoms with Gasteiger partial charge in [0.2, 0.25) is 0 Å². The molecule has 2 amide bonds. The molecule has 0 aliphatic rings. The van der Waals surface area contributed by atoms with Crippen LogP contribution in [-0.2, 0) is 16.1 Å². The lowest BCUT2D eigenvalue weighted by molar-refractivity contribution is -0.127. The van der Waals surface area contributed by atoms with Crippen molar-refractivity contribution in [2.45, 2.75) is 25.3 Å². The highest BCUT2D eigenvalue weighted by molar-refractivity contribution is 7.98. The molecule has 1 aromatic carbocycles. The second kappa shape index (κ2) is 8.35. The third-order valence-electron chi connectivity index (χ3n) is 3.26. The third kappa shape index (κ3) is 5.27. The maximum Gasteiger partial charge on any atom is 0.262 e. The van der Waals surface area contributed by atoms with E-state index in [4.69, 9.17) is 0 Å². The standard InChI is InChI=1S/C17H20N4O2S/c1-12-10-13(2)21(20-12)11-17(23)19-18-16(22)9-6-14-4-7-15(24-3)8-5-14/h4-10H,11H2,1-3H3,(H,18,22)(H,19,23)/b9-6+. The zero-order chi connectivity index (χ0) is 17.5. The van der Waals surface area contributed by atoms with E-state index < -0.39 is 5.91 Å². The van der Waals surface area contributed by atoms with Crippen LogP contribution in [0.4, 0.5) is 0 Å². The van der Waals surface area contributed by atoms with Crippen molar-refractivity contribution in [3.63, 3.8) is 0 Å². The summed E-state index contributed by atoms with van der Waals surface area (Å²) in [5, 5.41) is 4.19. The second-order valence-electron chi connectivity index (χ2n) is 5.23. The highest BCUT2D eigenvalue weighted by Gasteiger charge is 2.07. The first-order chi connectivity index (χ1) is 11.5. The summed E-state index contributed by atoms with van der Waals surface area (Å²) in [4.78, 5) is 24.7. The lowest BCUT2D eigenvalue weighted by atomic mass is 10.2. The van der Waals surface area contributed by atoms with Crippen molar-refractivity contribution in [1.82, 2.24) is 20.6 Å². The van der Waals surface area contributed by atoms with Crippen LogP contribution in [0.15, 0.2) is 41.3 Å². The number of hydrogen-bond donors (Lipinski definition) is 2. The van der Waals surface area contributed by atoms with Crippen LogP contribution < -0.4 is 10.9 Å². The number of aryl methyl sites for hydroxylation is 2. The highest BCUT2D eigenvalue weighted by atomic mass is 32.2. The van der Waals surface area contributed by atoms with Gasteiger partial charge in [0.05, 0.1) is 5.69 Å². The van der Waals surface area contributed by atoms with E-state index in [1.165, 1.54) is 6.08 Å². The SMILES string of the molecule is CSc1ccc(/C=C/C(=O)NNC(=O)Cn2nc(C)cc2C)cc1. The number of hydrogen-bond acceptors (Lipinski definition) is 4. The van der Waals surface area contributed by atoms with Gasteiger partial charge in [-0.15, -0.1) is 11.8 Å². The van der Waals surface area contributed by atoms with E-state index >= 15 is 0 Å². The second-order valence-corrected chi connectivity index (χ2v) is 6.11. The molecule has 0 fully saturated rings. The number of carbonyl (C=O) groups excluding carboxylic acids is 2. The summed E-state index contributed by atoms with van der Waals surface area (Å²) in [6, 6.07) is 9.71. The lowest BCUT2D eigenvalue weighted by Crippen LogP contribution is -2.42. The minimum atomic E-state index is -0.398. The monoisotopic (exact) mass is 344 g/mol. The molecule has 0 saturated carbocycles. The van der Waals surface area contributed by atoms with Crippen LogP contribution in [0.1, 0.15) is 17.0 Å². The zero-order valence-corrected chi connectivity index (χ0v) is 14.7. The van der Waals surface area contributed by atoms with Gasteiger partial charge in [0.25, 0.3) is 11.8 Å². The maximum absolute atomic E-state index is 11.8. The minimum absolute atomic E-state index is 0.0554. The van der Waals surface area contributed by atoms with Crippen LogP contribution in [0.25, 0.3) is 6.08 Å². The molecule has 0 radical (unpaired) electrons. The summed E-state index contributed by atoms with van der Waals surface area (Å²) < 4.78 is 1.58. The number of amides is 2. The fraction of sp³-hybridized carbons (Fsp3) is 0.235. The number of aromatic nitrogens is 2. The molecule has 2 N–H and O–H groups in total. The number of nitrogens with zero attached hydrogens (tertiary/aromatic N) is 2. The van der Waals surface area contributed by atoms with E-state index in [0.717, 1.165) is 21.8 Å². The van der Waals surface area contributed by atoms with Crippen LogP contribution in [0, 0.1) is 13.8 Å². The van der Waals surface area contributed by atoms with Gasteiger partial charge in [-0.25, -0.2) is 0 Å². The number of rotatable bonds is 5. The van der Waals surface area contributed by atoms with Crippen molar-refractivity contribution in [1.29, 1.82) is 0 Å². The van der Waals surface area contributed by atoms with Gasteiger partial charge in [-0.2, -0.15) is 5.10 Å². The summed E-state index contributed by atoms with van der Waals surface area (Å²) in [7, 11) is 0. The van der Waals surface area contributed by atoms with Crippen LogP contribution in [0.5, 0.6) is 0 Å². The van der Waals surface area contributed by atoms with E-state index in [0.29, 0.717) is 0 Å². The molecule has 2 aromatic rings. The lowest BCUT2D eigenvalue weighted by Gasteiger charge is -2.06. The Kier molecular flexibility index (Phi) is 6.20. The van der Waals surface area contributed by atoms with Gasteiger partial charge in [-0.3, -0.25) is 25.1 Å². The Morgan fingerprint density at radius 1 is 1.21 bits per heavy atom. The predicted octanol–water partition coefficient (Wildman–Crippen LogP) is 2.08. The fourth-order valence-corrected chi connectivity index (χ4v) is 2.48. The molecule has 0 atom stereocenters. The topological polar surface area (TPSA) is 76.0 Å². The molecule has 1 heterocycles. The van der Waals surface area contributed by atoms with Crippen LogP contribution >= 0.6 is 11.8 Å². The number of benzene rings is 1. The average Bonchev–Trinajstić information content (AvgIpc) is 2.88. The zero-order valence-electron chi connectivity index (χ0n) is 13.9. The largest absolute Gasteiger partial charge is 0.271 e. The van der Waals surface area contributed by atoms with Crippen molar-refractivity contribution in [2.24, 2.45) is 0 Å². The van der Waals surface area contributed by atoms with Gasteiger partial charge in [0.1, 0.15) is 6.54 Å². The Labute approximate surface area is 145 Å². The Morgan fingerprint density at radius 3 is 2.50 bits per heavy atom. The summed E-state index contributed by atoms with van der Waals surface area (Å²) in [6.45, 7) is 3.79. The number of hydrazine groups is 1. The van der Waals surface area contributed by atoms with E-state index in [2.05, 4.69) is 16.0 Å². The summed E-state index contributed by atoms with van der Waals surface area (Å²) in [5.41, 5.74) is 7.37. The molecule has 2 rings (SSSR count). The first-order valence-corrected chi connectivity index (χ1v) is 8.62. The highest BCUT2D eigenvalue weighted by Crippen LogP contribution is 2.15. The molecule has 0 aliphatic heterocycles. The third-order valence-corrected chi connectivity index (χ3v) is 4.01. The summed E-state index contributed by atoms with van der Waals surface area (Å²) in [5.74, 6) is -0.738. The molecule has 0 bridgehead atoms. The van der Waals surface area contributed by atoms with Gasteiger partial charge in [-0.1, -0.05) is 12.1 Å². The van der Waals surface area contributed by atoms with Crippen molar-refractivity contribution in [3.8, 4) is 0 Å². The number of thioether (sulfide) groups is 1. The van der Waals surface area contributed by atoms with E-state index in [9.17, 15) is 9.59 Å². The van der Waals surface area contributed by atoms with E-state index in [-0.39, 0.29) is 12.5 Å². The molecule has 0 spiro atoms. The van der Waals surface area contributed by atoms with Crippen LogP contribution in [-0.4, -0.2) is 27.9 Å². The Bertz CT molecular complexity index is 750. The number of carbonyl (C=O) groups is 2. The molecule has 0 saturated heterocycles. The van der Waals surface area contributed by atoms with E-state index in [1.807, 2.05) is 50.4 Å². The van der Waals surface area contributed by atoms with Crippen molar-refractivity contribution < 1.29 is 9.59 Å². The van der Waals surface area contributed by atoms with Gasteiger partial charge in [0.15, 0.2) is 0 Å². The normalized spacial score (nSPS) is 10.8. The molecule has 24 heavy (non-hydrogen) atoms. The summed E-state index contributed by atoms with van der Waals surface area (Å²) >= 11 is 1.66.